The lowest BCUT2D eigenvalue weighted by Gasteiger charge is -2.34. The Bertz CT molecular complexity index is 176. The van der Waals surface area contributed by atoms with E-state index >= 15 is 0 Å². The summed E-state index contributed by atoms with van der Waals surface area (Å²) in [6.07, 6.45) is 2.32. The van der Waals surface area contributed by atoms with Crippen molar-refractivity contribution < 1.29 is 4.79 Å². The maximum atomic E-state index is 11.2. The number of Topliss-reactive ketones (excluding diaryl/α,β-unsaturated/α-hetero) is 1. The van der Waals surface area contributed by atoms with Crippen LogP contribution in [0.1, 0.15) is 26.7 Å². The second-order valence-electron chi connectivity index (χ2n) is 3.93. The minimum Gasteiger partial charge on any atom is -0.317 e. The summed E-state index contributed by atoms with van der Waals surface area (Å²) in [7, 11) is 2.06. The van der Waals surface area contributed by atoms with E-state index < -0.39 is 0 Å². The van der Waals surface area contributed by atoms with Crippen LogP contribution in [0.15, 0.2) is 0 Å². The van der Waals surface area contributed by atoms with E-state index in [9.17, 15) is 4.79 Å². The molecular formula is C10H20N2O. The van der Waals surface area contributed by atoms with Crippen molar-refractivity contribution in [2.24, 2.45) is 0 Å². The zero-order valence-corrected chi connectivity index (χ0v) is 8.84. The lowest BCUT2D eigenvalue weighted by Crippen LogP contribution is -2.47. The smallest absolute Gasteiger partial charge is 0.146 e. The second-order valence-corrected chi connectivity index (χ2v) is 3.93. The monoisotopic (exact) mass is 184 g/mol. The molecule has 3 nitrogen and oxygen atoms in total. The summed E-state index contributed by atoms with van der Waals surface area (Å²) in [5.74, 6) is 0.265. The van der Waals surface area contributed by atoms with Gasteiger partial charge in [0.1, 0.15) is 5.78 Å². The van der Waals surface area contributed by atoms with E-state index in [-0.39, 0.29) is 11.8 Å². The molecule has 3 heteroatoms. The van der Waals surface area contributed by atoms with Crippen molar-refractivity contribution in [3.8, 4) is 0 Å². The molecule has 1 N–H and O–H groups in total. The number of ketones is 1. The third-order valence-corrected chi connectivity index (χ3v) is 3.08. The second kappa shape index (κ2) is 4.72. The van der Waals surface area contributed by atoms with Crippen LogP contribution in [0.25, 0.3) is 0 Å². The average Bonchev–Trinajstić information content (AvgIpc) is 2.17. The van der Waals surface area contributed by atoms with Gasteiger partial charge in [0.05, 0.1) is 6.04 Å². The van der Waals surface area contributed by atoms with Crippen LogP contribution in [0.2, 0.25) is 0 Å². The minimum atomic E-state index is 0.0723. The zero-order valence-electron chi connectivity index (χ0n) is 8.84. The molecule has 0 radical (unpaired) electrons. The maximum Gasteiger partial charge on any atom is 0.146 e. The molecule has 0 amide bonds. The third-order valence-electron chi connectivity index (χ3n) is 3.08. The summed E-state index contributed by atoms with van der Waals surface area (Å²) < 4.78 is 0. The molecule has 0 aromatic rings. The van der Waals surface area contributed by atoms with Crippen molar-refractivity contribution in [1.29, 1.82) is 0 Å². The number of nitrogens with zero attached hydrogens (tertiary/aromatic N) is 1. The first kappa shape index (κ1) is 10.7. The van der Waals surface area contributed by atoms with E-state index in [2.05, 4.69) is 17.3 Å². The van der Waals surface area contributed by atoms with Crippen LogP contribution in [-0.2, 0) is 4.79 Å². The molecule has 1 unspecified atom stereocenters. The quantitative estimate of drug-likeness (QED) is 0.699. The van der Waals surface area contributed by atoms with Crippen molar-refractivity contribution in [2.75, 3.05) is 20.1 Å². The van der Waals surface area contributed by atoms with E-state index in [0.29, 0.717) is 6.04 Å². The molecule has 1 atom stereocenters. The fourth-order valence-electron chi connectivity index (χ4n) is 1.82. The molecule has 0 saturated carbocycles. The summed E-state index contributed by atoms with van der Waals surface area (Å²) in [6, 6.07) is 0.656. The highest BCUT2D eigenvalue weighted by Crippen LogP contribution is 2.12. The Morgan fingerprint density at radius 3 is 2.46 bits per heavy atom. The Balaban J connectivity index is 2.44. The molecule has 0 aromatic heterocycles. The number of rotatable bonds is 3. The van der Waals surface area contributed by atoms with Crippen molar-refractivity contribution in [3.05, 3.63) is 0 Å². The fourth-order valence-corrected chi connectivity index (χ4v) is 1.82. The predicted octanol–water partition coefficient (Wildman–Crippen LogP) is 0.648. The summed E-state index contributed by atoms with van der Waals surface area (Å²) in [6.45, 7) is 5.83. The molecule has 1 rings (SSSR count). The van der Waals surface area contributed by atoms with Crippen LogP contribution in [0.3, 0.4) is 0 Å². The van der Waals surface area contributed by atoms with Crippen LogP contribution in [0, 0.1) is 0 Å². The van der Waals surface area contributed by atoms with Crippen molar-refractivity contribution >= 4 is 5.78 Å². The van der Waals surface area contributed by atoms with E-state index in [1.165, 1.54) is 0 Å². The van der Waals surface area contributed by atoms with Crippen molar-refractivity contribution in [3.63, 3.8) is 0 Å². The molecule has 1 aliphatic heterocycles. The highest BCUT2D eigenvalue weighted by Gasteiger charge is 2.23. The molecule has 13 heavy (non-hydrogen) atoms. The Kier molecular flexibility index (Phi) is 3.88. The summed E-state index contributed by atoms with van der Waals surface area (Å²) in [4.78, 5) is 13.4. The lowest BCUT2D eigenvalue weighted by atomic mass is 10.0. The van der Waals surface area contributed by atoms with Gasteiger partial charge in [0.25, 0.3) is 0 Å². The van der Waals surface area contributed by atoms with Gasteiger partial charge in [-0.05, 0) is 46.8 Å². The Hall–Kier alpha value is -0.410. The Morgan fingerprint density at radius 2 is 2.00 bits per heavy atom. The highest BCUT2D eigenvalue weighted by atomic mass is 16.1. The number of carbonyl (C=O) groups excluding carboxylic acids is 1. The van der Waals surface area contributed by atoms with Crippen molar-refractivity contribution in [2.45, 2.75) is 38.8 Å². The summed E-state index contributed by atoms with van der Waals surface area (Å²) in [5, 5.41) is 3.33. The Labute approximate surface area is 80.5 Å². The fraction of sp³-hybridized carbons (Fsp3) is 0.900. The molecule has 1 heterocycles. The molecular weight excluding hydrogens is 164 g/mol. The van der Waals surface area contributed by atoms with Crippen LogP contribution >= 0.6 is 0 Å². The normalized spacial score (nSPS) is 21.8. The van der Waals surface area contributed by atoms with Gasteiger partial charge < -0.3 is 5.32 Å². The molecule has 0 spiro atoms. The first-order valence-corrected chi connectivity index (χ1v) is 5.06. The predicted molar refractivity (Wildman–Crippen MR) is 53.8 cm³/mol. The molecule has 0 aliphatic carbocycles. The molecule has 0 aromatic carbocycles. The van der Waals surface area contributed by atoms with Gasteiger partial charge in [-0.15, -0.1) is 0 Å². The van der Waals surface area contributed by atoms with Gasteiger partial charge in [0.2, 0.25) is 0 Å². The van der Waals surface area contributed by atoms with Gasteiger partial charge >= 0.3 is 0 Å². The van der Waals surface area contributed by atoms with E-state index in [1.807, 2.05) is 6.92 Å². The first-order chi connectivity index (χ1) is 6.13. The molecule has 76 valence electrons. The van der Waals surface area contributed by atoms with E-state index in [0.717, 1.165) is 25.9 Å². The summed E-state index contributed by atoms with van der Waals surface area (Å²) in [5.41, 5.74) is 0. The third kappa shape index (κ3) is 2.78. The van der Waals surface area contributed by atoms with E-state index in [1.54, 1.807) is 6.92 Å². The highest BCUT2D eigenvalue weighted by molar-refractivity contribution is 5.80. The van der Waals surface area contributed by atoms with Gasteiger partial charge in [0.15, 0.2) is 0 Å². The van der Waals surface area contributed by atoms with E-state index in [4.69, 9.17) is 0 Å². The number of likely N-dealkylation sites (N-methyl/N-ethyl adjacent to an activating group) is 1. The Morgan fingerprint density at radius 1 is 1.46 bits per heavy atom. The topological polar surface area (TPSA) is 32.3 Å². The average molecular weight is 184 g/mol. The SMILES string of the molecule is CC(=O)C(C)N(C)C1CCNCC1. The summed E-state index contributed by atoms with van der Waals surface area (Å²) >= 11 is 0. The molecule has 1 saturated heterocycles. The van der Waals surface area contributed by atoms with Gasteiger partial charge in [-0.25, -0.2) is 0 Å². The van der Waals surface area contributed by atoms with Gasteiger partial charge in [-0.2, -0.15) is 0 Å². The van der Waals surface area contributed by atoms with Gasteiger partial charge in [0, 0.05) is 6.04 Å². The van der Waals surface area contributed by atoms with Crippen LogP contribution in [-0.4, -0.2) is 42.9 Å². The number of hydrogen-bond donors (Lipinski definition) is 1. The standard InChI is InChI=1S/C10H20N2O/c1-8(9(2)13)12(3)10-4-6-11-7-5-10/h8,10-11H,4-7H2,1-3H3. The molecule has 1 fully saturated rings. The molecule has 0 bridgehead atoms. The maximum absolute atomic E-state index is 11.2. The van der Waals surface area contributed by atoms with Crippen molar-refractivity contribution in [1.82, 2.24) is 10.2 Å². The number of nitrogens with one attached hydrogen (secondary N) is 1. The van der Waals surface area contributed by atoms with Gasteiger partial charge in [-0.3, -0.25) is 9.69 Å². The zero-order chi connectivity index (χ0) is 9.84. The lowest BCUT2D eigenvalue weighted by molar-refractivity contribution is -0.122. The molecule has 1 aliphatic rings. The number of hydrogen-bond acceptors (Lipinski definition) is 3. The van der Waals surface area contributed by atoms with Crippen LogP contribution in [0.4, 0.5) is 0 Å². The van der Waals surface area contributed by atoms with Crippen LogP contribution < -0.4 is 5.32 Å². The minimum absolute atomic E-state index is 0.0723. The number of piperidine rings is 1. The largest absolute Gasteiger partial charge is 0.317 e. The van der Waals surface area contributed by atoms with Crippen LogP contribution in [0.5, 0.6) is 0 Å². The first-order valence-electron chi connectivity index (χ1n) is 5.06. The number of carbonyl (C=O) groups is 1. The van der Waals surface area contributed by atoms with Gasteiger partial charge in [-0.1, -0.05) is 0 Å².